The molecule has 2 N–H and O–H groups in total. The van der Waals surface area contributed by atoms with Crippen molar-refractivity contribution < 1.29 is 23.5 Å². The van der Waals surface area contributed by atoms with Gasteiger partial charge in [-0.3, -0.25) is 14.4 Å². The lowest BCUT2D eigenvalue weighted by atomic mass is 10.2. The Morgan fingerprint density at radius 1 is 1.04 bits per heavy atom. The summed E-state index contributed by atoms with van der Waals surface area (Å²) in [5.41, 5.74) is 1.39. The monoisotopic (exact) mass is 386 g/mol. The van der Waals surface area contributed by atoms with Crippen molar-refractivity contribution in [1.29, 1.82) is 0 Å². The average Bonchev–Trinajstić information content (AvgIpc) is 3.09. The Labute approximate surface area is 159 Å². The zero-order valence-electron chi connectivity index (χ0n) is 14.2. The van der Waals surface area contributed by atoms with Gasteiger partial charge < -0.3 is 19.8 Å². The number of furan rings is 1. The van der Waals surface area contributed by atoms with Crippen LogP contribution in [0, 0.1) is 0 Å². The zero-order valence-corrected chi connectivity index (χ0v) is 15.0. The Morgan fingerprint density at radius 2 is 1.78 bits per heavy atom. The Balaban J connectivity index is 1.65. The normalized spacial score (nSPS) is 10.4. The first-order chi connectivity index (χ1) is 13.0. The number of rotatable bonds is 5. The second-order valence-electron chi connectivity index (χ2n) is 5.58. The second kappa shape index (κ2) is 7.92. The fourth-order valence-corrected chi connectivity index (χ4v) is 2.53. The highest BCUT2D eigenvalue weighted by Gasteiger charge is 2.13. The van der Waals surface area contributed by atoms with E-state index in [4.69, 9.17) is 16.0 Å². The highest BCUT2D eigenvalue weighted by molar-refractivity contribution is 6.31. The number of esters is 1. The van der Waals surface area contributed by atoms with E-state index < -0.39 is 17.8 Å². The Hall–Kier alpha value is -3.32. The molecular weight excluding hydrogens is 372 g/mol. The summed E-state index contributed by atoms with van der Waals surface area (Å²) in [6, 6.07) is 12.9. The molecule has 3 aromatic rings. The van der Waals surface area contributed by atoms with E-state index in [-0.39, 0.29) is 12.3 Å². The minimum absolute atomic E-state index is 0.146. The molecule has 0 unspecified atom stereocenters. The molecule has 0 aliphatic carbocycles. The van der Waals surface area contributed by atoms with E-state index in [9.17, 15) is 14.4 Å². The van der Waals surface area contributed by atoms with Crippen LogP contribution < -0.4 is 10.6 Å². The summed E-state index contributed by atoms with van der Waals surface area (Å²) >= 11 is 5.93. The van der Waals surface area contributed by atoms with E-state index >= 15 is 0 Å². The summed E-state index contributed by atoms with van der Waals surface area (Å²) in [6.45, 7) is -0.218. The van der Waals surface area contributed by atoms with Crippen molar-refractivity contribution >= 4 is 46.0 Å². The molecule has 0 fully saturated rings. The van der Waals surface area contributed by atoms with Gasteiger partial charge in [-0.15, -0.1) is 0 Å². The summed E-state index contributed by atoms with van der Waals surface area (Å²) in [4.78, 5) is 35.3. The van der Waals surface area contributed by atoms with Gasteiger partial charge >= 0.3 is 5.97 Å². The largest absolute Gasteiger partial charge is 0.468 e. The number of anilines is 1. The van der Waals surface area contributed by atoms with Gasteiger partial charge in [-0.2, -0.15) is 0 Å². The first-order valence-corrected chi connectivity index (χ1v) is 8.29. The molecule has 7 nitrogen and oxygen atoms in total. The van der Waals surface area contributed by atoms with E-state index in [1.165, 1.54) is 19.2 Å². The molecule has 1 heterocycles. The van der Waals surface area contributed by atoms with Crippen LogP contribution in [0.15, 0.2) is 52.9 Å². The van der Waals surface area contributed by atoms with Gasteiger partial charge in [-0.05, 0) is 48.5 Å². The summed E-state index contributed by atoms with van der Waals surface area (Å²) in [5, 5.41) is 6.40. The molecule has 0 atom stereocenters. The number of methoxy groups -OCH3 is 1. The Bertz CT molecular complexity index is 1010. The number of halogens is 1. The molecule has 1 aromatic heterocycles. The third-order valence-electron chi connectivity index (χ3n) is 3.73. The highest BCUT2D eigenvalue weighted by Crippen LogP contribution is 2.23. The van der Waals surface area contributed by atoms with Crippen molar-refractivity contribution in [3.8, 4) is 0 Å². The summed E-state index contributed by atoms with van der Waals surface area (Å²) < 4.78 is 9.96. The quantitative estimate of drug-likeness (QED) is 0.656. The van der Waals surface area contributed by atoms with Crippen molar-refractivity contribution in [1.82, 2.24) is 5.32 Å². The first kappa shape index (κ1) is 18.5. The summed E-state index contributed by atoms with van der Waals surface area (Å²) in [6.07, 6.45) is 0. The molecule has 0 bridgehead atoms. The molecule has 138 valence electrons. The number of hydrogen-bond acceptors (Lipinski definition) is 5. The van der Waals surface area contributed by atoms with Crippen LogP contribution in [0.3, 0.4) is 0 Å². The van der Waals surface area contributed by atoms with Crippen molar-refractivity contribution in [2.75, 3.05) is 19.0 Å². The molecule has 27 heavy (non-hydrogen) atoms. The van der Waals surface area contributed by atoms with E-state index in [0.717, 1.165) is 5.39 Å². The average molecular weight is 387 g/mol. The first-order valence-electron chi connectivity index (χ1n) is 7.92. The lowest BCUT2D eigenvalue weighted by molar-refractivity contribution is -0.139. The van der Waals surface area contributed by atoms with Gasteiger partial charge in [-0.25, -0.2) is 0 Å². The minimum atomic E-state index is -0.542. The molecule has 0 aliphatic heterocycles. The smallest absolute Gasteiger partial charge is 0.325 e. The van der Waals surface area contributed by atoms with E-state index in [1.807, 2.05) is 0 Å². The topological polar surface area (TPSA) is 97.6 Å². The van der Waals surface area contributed by atoms with Gasteiger partial charge in [0.05, 0.1) is 7.11 Å². The zero-order chi connectivity index (χ0) is 19.4. The number of ether oxygens (including phenoxy) is 1. The second-order valence-corrected chi connectivity index (χ2v) is 6.02. The standard InChI is InChI=1S/C19H15ClN2O5/c1-26-17(23)10-21-18(24)11-2-5-14(6-3-11)22-19(25)16-9-12-8-13(20)4-7-15(12)27-16/h2-9H,10H2,1H3,(H,21,24)(H,22,25). The van der Waals surface area contributed by atoms with Crippen LogP contribution in [0.1, 0.15) is 20.9 Å². The lowest BCUT2D eigenvalue weighted by Gasteiger charge is -2.06. The molecule has 0 spiro atoms. The number of fused-ring (bicyclic) bond motifs is 1. The van der Waals surface area contributed by atoms with Crippen LogP contribution in [0.4, 0.5) is 5.69 Å². The maximum Gasteiger partial charge on any atom is 0.325 e. The lowest BCUT2D eigenvalue weighted by Crippen LogP contribution is -2.30. The van der Waals surface area contributed by atoms with Crippen LogP contribution in [0.5, 0.6) is 0 Å². The summed E-state index contributed by atoms with van der Waals surface area (Å²) in [5.74, 6) is -1.25. The van der Waals surface area contributed by atoms with Crippen LogP contribution in [0.2, 0.25) is 5.02 Å². The fraction of sp³-hybridized carbons (Fsp3) is 0.105. The van der Waals surface area contributed by atoms with Gasteiger partial charge in [0.2, 0.25) is 0 Å². The van der Waals surface area contributed by atoms with Gasteiger partial charge in [0.1, 0.15) is 12.1 Å². The number of nitrogens with one attached hydrogen (secondary N) is 2. The number of amides is 2. The number of carbonyl (C=O) groups excluding carboxylic acids is 3. The molecule has 0 aliphatic rings. The van der Waals surface area contributed by atoms with Crippen LogP contribution in [-0.4, -0.2) is 31.4 Å². The molecule has 0 radical (unpaired) electrons. The molecule has 0 saturated heterocycles. The van der Waals surface area contributed by atoms with Crippen molar-refractivity contribution in [3.63, 3.8) is 0 Å². The fourth-order valence-electron chi connectivity index (χ4n) is 2.35. The molecular formula is C19H15ClN2O5. The van der Waals surface area contributed by atoms with Gasteiger partial charge in [0, 0.05) is 21.7 Å². The SMILES string of the molecule is COC(=O)CNC(=O)c1ccc(NC(=O)c2cc3cc(Cl)ccc3o2)cc1. The van der Waals surface area contributed by atoms with E-state index in [0.29, 0.717) is 21.9 Å². The predicted octanol–water partition coefficient (Wildman–Crippen LogP) is 3.24. The van der Waals surface area contributed by atoms with Gasteiger partial charge in [-0.1, -0.05) is 11.6 Å². The van der Waals surface area contributed by atoms with Crippen molar-refractivity contribution in [3.05, 3.63) is 64.9 Å². The third kappa shape index (κ3) is 4.45. The van der Waals surface area contributed by atoms with Crippen molar-refractivity contribution in [2.24, 2.45) is 0 Å². The minimum Gasteiger partial charge on any atom is -0.468 e. The third-order valence-corrected chi connectivity index (χ3v) is 3.96. The Morgan fingerprint density at radius 3 is 2.48 bits per heavy atom. The highest BCUT2D eigenvalue weighted by atomic mass is 35.5. The molecule has 2 amide bonds. The Kier molecular flexibility index (Phi) is 5.42. The van der Waals surface area contributed by atoms with Gasteiger partial charge in [0.25, 0.3) is 11.8 Å². The maximum atomic E-state index is 12.3. The van der Waals surface area contributed by atoms with E-state index in [2.05, 4.69) is 15.4 Å². The number of benzene rings is 2. The van der Waals surface area contributed by atoms with Crippen LogP contribution in [-0.2, 0) is 9.53 Å². The number of carbonyl (C=O) groups is 3. The molecule has 0 saturated carbocycles. The van der Waals surface area contributed by atoms with Crippen molar-refractivity contribution in [2.45, 2.75) is 0 Å². The predicted molar refractivity (Wildman–Crippen MR) is 100.0 cm³/mol. The van der Waals surface area contributed by atoms with Crippen LogP contribution in [0.25, 0.3) is 11.0 Å². The maximum absolute atomic E-state index is 12.3. The van der Waals surface area contributed by atoms with Crippen LogP contribution >= 0.6 is 11.6 Å². The molecule has 8 heteroatoms. The summed E-state index contributed by atoms with van der Waals surface area (Å²) in [7, 11) is 1.24. The molecule has 2 aromatic carbocycles. The van der Waals surface area contributed by atoms with E-state index in [1.54, 1.807) is 36.4 Å². The molecule has 3 rings (SSSR count). The number of hydrogen-bond donors (Lipinski definition) is 2. The van der Waals surface area contributed by atoms with Gasteiger partial charge in [0.15, 0.2) is 5.76 Å².